The van der Waals surface area contributed by atoms with E-state index in [1.165, 1.54) is 18.4 Å². The summed E-state index contributed by atoms with van der Waals surface area (Å²) in [6.45, 7) is 1.89. The maximum atomic E-state index is 12.0. The fourth-order valence-electron chi connectivity index (χ4n) is 3.06. The second kappa shape index (κ2) is 8.91. The van der Waals surface area contributed by atoms with E-state index >= 15 is 0 Å². The van der Waals surface area contributed by atoms with E-state index in [-0.39, 0.29) is 11.4 Å². The minimum atomic E-state index is -0.134. The number of carbonyl (C=O) groups is 1. The van der Waals surface area contributed by atoms with Crippen LogP contribution in [-0.4, -0.2) is 31.2 Å². The Balaban J connectivity index is 1.54. The molecule has 0 unspecified atom stereocenters. The van der Waals surface area contributed by atoms with E-state index in [9.17, 15) is 4.79 Å². The van der Waals surface area contributed by atoms with Crippen LogP contribution in [0.25, 0.3) is 0 Å². The first-order valence-electron chi connectivity index (χ1n) is 8.37. The van der Waals surface area contributed by atoms with Gasteiger partial charge in [0, 0.05) is 19.6 Å². The fourth-order valence-corrected chi connectivity index (χ4v) is 3.06. The van der Waals surface area contributed by atoms with Crippen LogP contribution < -0.4 is 11.1 Å². The van der Waals surface area contributed by atoms with E-state index < -0.39 is 0 Å². The van der Waals surface area contributed by atoms with Gasteiger partial charge in [-0.15, -0.1) is 0 Å². The number of ether oxygens (including phenoxy) is 1. The molecule has 0 aliphatic heterocycles. The van der Waals surface area contributed by atoms with Gasteiger partial charge in [0.25, 0.3) is 0 Å². The second-order valence-electron chi connectivity index (χ2n) is 6.19. The number of amides is 1. The van der Waals surface area contributed by atoms with Crippen molar-refractivity contribution in [1.82, 2.24) is 5.32 Å². The predicted molar refractivity (Wildman–Crippen MR) is 88.6 cm³/mol. The predicted octanol–water partition coefficient (Wildman–Crippen LogP) is 2.41. The lowest BCUT2D eigenvalue weighted by molar-refractivity contribution is -0.123. The summed E-state index contributed by atoms with van der Waals surface area (Å²) in [5.74, 6) is 0.110. The maximum absolute atomic E-state index is 12.0. The third-order valence-electron chi connectivity index (χ3n) is 4.43. The average Bonchev–Trinajstić information content (AvgIpc) is 3.01. The number of nitrogens with one attached hydrogen (secondary N) is 1. The van der Waals surface area contributed by atoms with Gasteiger partial charge in [-0.3, -0.25) is 4.79 Å². The van der Waals surface area contributed by atoms with Gasteiger partial charge >= 0.3 is 0 Å². The zero-order valence-corrected chi connectivity index (χ0v) is 13.4. The van der Waals surface area contributed by atoms with Crippen molar-refractivity contribution in [3.05, 3.63) is 35.9 Å². The lowest BCUT2D eigenvalue weighted by atomic mass is 9.97. The molecular weight excluding hydrogens is 276 g/mol. The van der Waals surface area contributed by atoms with Crippen LogP contribution in [0.15, 0.2) is 30.3 Å². The van der Waals surface area contributed by atoms with E-state index in [4.69, 9.17) is 10.5 Å². The van der Waals surface area contributed by atoms with E-state index in [0.717, 1.165) is 25.7 Å². The molecule has 122 valence electrons. The highest BCUT2D eigenvalue weighted by atomic mass is 16.5. The molecule has 1 aromatic carbocycles. The normalized spacial score (nSPS) is 16.6. The Morgan fingerprint density at radius 1 is 1.18 bits per heavy atom. The van der Waals surface area contributed by atoms with Crippen molar-refractivity contribution in [1.29, 1.82) is 0 Å². The summed E-state index contributed by atoms with van der Waals surface area (Å²) in [4.78, 5) is 12.0. The summed E-state index contributed by atoms with van der Waals surface area (Å²) in [5.41, 5.74) is 6.98. The molecule has 0 spiro atoms. The van der Waals surface area contributed by atoms with Crippen LogP contribution in [-0.2, 0) is 16.0 Å². The molecule has 0 radical (unpaired) electrons. The van der Waals surface area contributed by atoms with Gasteiger partial charge in [0.05, 0.1) is 12.1 Å². The first-order valence-corrected chi connectivity index (χ1v) is 8.37. The van der Waals surface area contributed by atoms with Gasteiger partial charge < -0.3 is 15.8 Å². The summed E-state index contributed by atoms with van der Waals surface area (Å²) in [7, 11) is 0. The molecule has 0 heterocycles. The Bertz CT molecular complexity index is 442. The number of carbonyl (C=O) groups excluding carboxylic acids is 1. The van der Waals surface area contributed by atoms with Crippen LogP contribution >= 0.6 is 0 Å². The number of hydrogen-bond acceptors (Lipinski definition) is 3. The molecule has 0 atom stereocenters. The summed E-state index contributed by atoms with van der Waals surface area (Å²) >= 11 is 0. The van der Waals surface area contributed by atoms with Gasteiger partial charge in [-0.25, -0.2) is 0 Å². The topological polar surface area (TPSA) is 64.3 Å². The summed E-state index contributed by atoms with van der Waals surface area (Å²) in [5, 5.41) is 3.14. The number of nitrogens with two attached hydrogens (primary N) is 1. The maximum Gasteiger partial charge on any atom is 0.220 e. The highest BCUT2D eigenvalue weighted by molar-refractivity contribution is 5.76. The highest BCUT2D eigenvalue weighted by Crippen LogP contribution is 2.28. The minimum Gasteiger partial charge on any atom is -0.381 e. The molecule has 3 N–H and O–H groups in total. The molecule has 22 heavy (non-hydrogen) atoms. The Kier molecular flexibility index (Phi) is 6.87. The van der Waals surface area contributed by atoms with Gasteiger partial charge in [-0.05, 0) is 31.2 Å². The number of hydrogen-bond donors (Lipinski definition) is 2. The monoisotopic (exact) mass is 304 g/mol. The van der Waals surface area contributed by atoms with Crippen molar-refractivity contribution in [3.63, 3.8) is 0 Å². The average molecular weight is 304 g/mol. The smallest absolute Gasteiger partial charge is 0.220 e. The molecule has 1 fully saturated rings. The number of benzene rings is 1. The molecule has 2 rings (SSSR count). The Morgan fingerprint density at radius 3 is 2.59 bits per heavy atom. The van der Waals surface area contributed by atoms with Crippen molar-refractivity contribution >= 4 is 5.91 Å². The summed E-state index contributed by atoms with van der Waals surface area (Å²) in [6.07, 6.45) is 6.57. The van der Waals surface area contributed by atoms with E-state index in [0.29, 0.717) is 26.2 Å². The van der Waals surface area contributed by atoms with Crippen LogP contribution in [0.2, 0.25) is 0 Å². The van der Waals surface area contributed by atoms with E-state index in [1.807, 2.05) is 18.2 Å². The molecular formula is C18H28N2O2. The van der Waals surface area contributed by atoms with Crippen molar-refractivity contribution in [2.24, 2.45) is 5.73 Å². The van der Waals surface area contributed by atoms with Crippen LogP contribution in [0.4, 0.5) is 0 Å². The zero-order chi connectivity index (χ0) is 15.7. The Morgan fingerprint density at radius 2 is 1.91 bits per heavy atom. The molecule has 0 aromatic heterocycles. The second-order valence-corrected chi connectivity index (χ2v) is 6.19. The van der Waals surface area contributed by atoms with Gasteiger partial charge in [0.2, 0.25) is 5.91 Å². The van der Waals surface area contributed by atoms with Gasteiger partial charge in [0.15, 0.2) is 0 Å². The Labute approximate surface area is 133 Å². The third kappa shape index (κ3) is 5.43. The SMILES string of the molecule is NCC1(NC(=O)CCCOCCc2ccccc2)CCCC1. The third-order valence-corrected chi connectivity index (χ3v) is 4.43. The number of rotatable bonds is 9. The van der Waals surface area contributed by atoms with Gasteiger partial charge in [-0.1, -0.05) is 43.2 Å². The zero-order valence-electron chi connectivity index (χ0n) is 13.4. The molecule has 1 aliphatic carbocycles. The summed E-state index contributed by atoms with van der Waals surface area (Å²) in [6, 6.07) is 10.3. The first-order chi connectivity index (χ1) is 10.7. The van der Waals surface area contributed by atoms with Crippen molar-refractivity contribution < 1.29 is 9.53 Å². The fraction of sp³-hybridized carbons (Fsp3) is 0.611. The standard InChI is InChI=1S/C18H28N2O2/c19-15-18(11-4-5-12-18)20-17(21)9-6-13-22-14-10-16-7-2-1-3-8-16/h1-3,7-8H,4-6,9-15,19H2,(H,20,21). The molecule has 0 saturated heterocycles. The molecule has 1 saturated carbocycles. The van der Waals surface area contributed by atoms with E-state index in [1.54, 1.807) is 0 Å². The van der Waals surface area contributed by atoms with E-state index in [2.05, 4.69) is 17.4 Å². The van der Waals surface area contributed by atoms with Crippen LogP contribution in [0.1, 0.15) is 44.1 Å². The first kappa shape index (κ1) is 17.0. The molecule has 1 aromatic rings. The highest BCUT2D eigenvalue weighted by Gasteiger charge is 2.33. The van der Waals surface area contributed by atoms with Crippen LogP contribution in [0.5, 0.6) is 0 Å². The molecule has 4 heteroatoms. The van der Waals surface area contributed by atoms with Crippen LogP contribution in [0, 0.1) is 0 Å². The summed E-state index contributed by atoms with van der Waals surface area (Å²) < 4.78 is 5.60. The molecule has 0 bridgehead atoms. The van der Waals surface area contributed by atoms with Crippen molar-refractivity contribution in [2.45, 2.75) is 50.5 Å². The molecule has 1 aliphatic rings. The largest absolute Gasteiger partial charge is 0.381 e. The van der Waals surface area contributed by atoms with Crippen molar-refractivity contribution in [2.75, 3.05) is 19.8 Å². The van der Waals surface area contributed by atoms with Gasteiger partial charge in [-0.2, -0.15) is 0 Å². The van der Waals surface area contributed by atoms with Crippen molar-refractivity contribution in [3.8, 4) is 0 Å². The minimum absolute atomic E-state index is 0.110. The molecule has 4 nitrogen and oxygen atoms in total. The van der Waals surface area contributed by atoms with Crippen LogP contribution in [0.3, 0.4) is 0 Å². The quantitative estimate of drug-likeness (QED) is 0.689. The lowest BCUT2D eigenvalue weighted by Gasteiger charge is -2.28. The molecule has 1 amide bonds. The lowest BCUT2D eigenvalue weighted by Crippen LogP contribution is -2.51. The Hall–Kier alpha value is -1.39. The van der Waals surface area contributed by atoms with Gasteiger partial charge in [0.1, 0.15) is 0 Å².